The number of ether oxygens (including phenoxy) is 1. The van der Waals surface area contributed by atoms with E-state index in [-0.39, 0.29) is 23.6 Å². The lowest BCUT2D eigenvalue weighted by Crippen LogP contribution is -2.27. The van der Waals surface area contributed by atoms with Gasteiger partial charge in [0.15, 0.2) is 5.69 Å². The molecule has 1 aromatic carbocycles. The Balaban J connectivity index is 1.45. The van der Waals surface area contributed by atoms with Gasteiger partial charge >= 0.3 is 5.97 Å². The van der Waals surface area contributed by atoms with Crippen molar-refractivity contribution in [2.24, 2.45) is 0 Å². The van der Waals surface area contributed by atoms with E-state index in [0.29, 0.717) is 34.3 Å². The number of methoxy groups -OCH3 is 1. The van der Waals surface area contributed by atoms with Crippen molar-refractivity contribution in [2.45, 2.75) is 19.4 Å². The second-order valence-corrected chi connectivity index (χ2v) is 8.44. The Labute approximate surface area is 199 Å². The van der Waals surface area contributed by atoms with Crippen LogP contribution in [-0.2, 0) is 11.2 Å². The van der Waals surface area contributed by atoms with Gasteiger partial charge < -0.3 is 15.4 Å². The number of thiophene rings is 1. The molecule has 0 saturated heterocycles. The van der Waals surface area contributed by atoms with E-state index in [4.69, 9.17) is 4.74 Å². The number of nitrogens with zero attached hydrogens (tertiary/aromatic N) is 3. The number of rotatable bonds is 8. The second kappa shape index (κ2) is 10.3. The number of benzene rings is 1. The van der Waals surface area contributed by atoms with Gasteiger partial charge in [-0.25, -0.2) is 19.2 Å². The fourth-order valence-electron chi connectivity index (χ4n) is 3.35. The molecule has 4 rings (SSSR count). The van der Waals surface area contributed by atoms with E-state index in [1.807, 2.05) is 30.5 Å². The summed E-state index contributed by atoms with van der Waals surface area (Å²) in [7, 11) is 1.34. The fourth-order valence-corrected chi connectivity index (χ4v) is 4.17. The lowest BCUT2D eigenvalue weighted by atomic mass is 10.1. The van der Waals surface area contributed by atoms with Crippen molar-refractivity contribution >= 4 is 39.4 Å². The minimum atomic E-state index is -0.430. The number of hydrogen-bond acceptors (Lipinski definition) is 8. The molecule has 10 heteroatoms. The van der Waals surface area contributed by atoms with Crippen molar-refractivity contribution in [3.05, 3.63) is 82.4 Å². The number of pyridine rings is 1. The third kappa shape index (κ3) is 5.34. The number of hydrogen-bond donors (Lipinski definition) is 2. The number of esters is 1. The van der Waals surface area contributed by atoms with Crippen molar-refractivity contribution in [3.8, 4) is 0 Å². The number of halogens is 1. The molecule has 2 N–H and O–H groups in total. The van der Waals surface area contributed by atoms with Crippen LogP contribution in [-0.4, -0.2) is 40.5 Å². The first-order valence-electron chi connectivity index (χ1n) is 10.5. The van der Waals surface area contributed by atoms with Crippen LogP contribution in [0.2, 0.25) is 0 Å². The summed E-state index contributed by atoms with van der Waals surface area (Å²) in [6, 6.07) is 9.92. The number of amides is 1. The lowest BCUT2D eigenvalue weighted by Gasteiger charge is -2.15. The maximum absolute atomic E-state index is 13.5. The molecule has 4 aromatic rings. The summed E-state index contributed by atoms with van der Waals surface area (Å²) in [5.74, 6) is -0.869. The molecular weight excluding hydrogens is 457 g/mol. The Bertz CT molecular complexity index is 1330. The number of fused-ring (bicyclic) bond motifs is 1. The highest BCUT2D eigenvalue weighted by Gasteiger charge is 2.17. The van der Waals surface area contributed by atoms with Crippen LogP contribution in [0.4, 0.5) is 10.3 Å². The number of anilines is 1. The quantitative estimate of drug-likeness (QED) is 0.366. The van der Waals surface area contributed by atoms with Gasteiger partial charge in [-0.3, -0.25) is 9.78 Å². The first-order chi connectivity index (χ1) is 16.4. The molecule has 0 bridgehead atoms. The largest absolute Gasteiger partial charge is 0.465 e. The van der Waals surface area contributed by atoms with Crippen molar-refractivity contribution < 1.29 is 18.7 Å². The molecule has 0 fully saturated rings. The zero-order valence-corrected chi connectivity index (χ0v) is 19.4. The third-order valence-corrected chi connectivity index (χ3v) is 6.07. The summed E-state index contributed by atoms with van der Waals surface area (Å²) < 4.78 is 18.9. The minimum Gasteiger partial charge on any atom is -0.465 e. The maximum atomic E-state index is 13.5. The minimum absolute atomic E-state index is 0.270. The molecule has 0 saturated carbocycles. The summed E-state index contributed by atoms with van der Waals surface area (Å²) in [5.41, 5.74) is 3.00. The van der Waals surface area contributed by atoms with Gasteiger partial charge in [-0.05, 0) is 54.1 Å². The van der Waals surface area contributed by atoms with Crippen LogP contribution in [0.3, 0.4) is 0 Å². The number of carbonyl (C=O) groups is 2. The van der Waals surface area contributed by atoms with Gasteiger partial charge in [-0.15, -0.1) is 11.3 Å². The SMILES string of the molecule is COC(=O)c1ccc(CCNC(=O)c2nc(NC(C)c3cncc(F)c3)nc3ccsc23)cc1. The van der Waals surface area contributed by atoms with Gasteiger partial charge in [0.05, 0.1) is 35.1 Å². The van der Waals surface area contributed by atoms with Crippen molar-refractivity contribution in [3.63, 3.8) is 0 Å². The van der Waals surface area contributed by atoms with E-state index in [0.717, 1.165) is 11.8 Å². The van der Waals surface area contributed by atoms with E-state index < -0.39 is 11.8 Å². The van der Waals surface area contributed by atoms with Crippen LogP contribution >= 0.6 is 11.3 Å². The van der Waals surface area contributed by atoms with Gasteiger partial charge in [0.25, 0.3) is 5.91 Å². The Kier molecular flexibility index (Phi) is 7.07. The van der Waals surface area contributed by atoms with Crippen LogP contribution in [0.1, 0.15) is 44.9 Å². The predicted molar refractivity (Wildman–Crippen MR) is 127 cm³/mol. The molecule has 0 aliphatic rings. The van der Waals surface area contributed by atoms with E-state index in [1.54, 1.807) is 18.3 Å². The molecule has 0 aliphatic carbocycles. The smallest absolute Gasteiger partial charge is 0.337 e. The standard InChI is InChI=1S/C24H22FN5O3S/c1-14(17-11-18(25)13-26-12-17)28-24-29-19-8-10-34-21(19)20(30-24)22(31)27-9-7-15-3-5-16(6-4-15)23(32)33-2/h3-6,8,10-14H,7,9H2,1-2H3,(H,27,31)(H,28,29,30). The molecule has 0 spiro atoms. The van der Waals surface area contributed by atoms with Gasteiger partial charge in [0.2, 0.25) is 5.95 Å². The highest BCUT2D eigenvalue weighted by atomic mass is 32.1. The van der Waals surface area contributed by atoms with Crippen LogP contribution in [0, 0.1) is 5.82 Å². The van der Waals surface area contributed by atoms with Gasteiger partial charge in [0, 0.05) is 12.7 Å². The predicted octanol–water partition coefficient (Wildman–Crippen LogP) is 4.16. The topological polar surface area (TPSA) is 106 Å². The van der Waals surface area contributed by atoms with Crippen LogP contribution < -0.4 is 10.6 Å². The summed E-state index contributed by atoms with van der Waals surface area (Å²) in [6.07, 6.45) is 3.29. The summed E-state index contributed by atoms with van der Waals surface area (Å²) in [5, 5.41) is 7.87. The van der Waals surface area contributed by atoms with Crippen LogP contribution in [0.5, 0.6) is 0 Å². The molecule has 174 valence electrons. The zero-order valence-electron chi connectivity index (χ0n) is 18.5. The summed E-state index contributed by atoms with van der Waals surface area (Å²) in [6.45, 7) is 2.23. The molecule has 1 unspecified atom stereocenters. The van der Waals surface area contributed by atoms with Crippen molar-refractivity contribution in [1.29, 1.82) is 0 Å². The van der Waals surface area contributed by atoms with Gasteiger partial charge in [0.1, 0.15) is 5.82 Å². The van der Waals surface area contributed by atoms with Gasteiger partial charge in [-0.2, -0.15) is 0 Å². The van der Waals surface area contributed by atoms with E-state index in [9.17, 15) is 14.0 Å². The normalized spacial score (nSPS) is 11.7. The first-order valence-corrected chi connectivity index (χ1v) is 11.4. The van der Waals surface area contributed by atoms with E-state index in [2.05, 4.69) is 25.6 Å². The van der Waals surface area contributed by atoms with Crippen molar-refractivity contribution in [1.82, 2.24) is 20.3 Å². The monoisotopic (exact) mass is 479 g/mol. The molecule has 3 aromatic heterocycles. The average molecular weight is 480 g/mol. The Hall–Kier alpha value is -3.92. The summed E-state index contributed by atoms with van der Waals surface area (Å²) >= 11 is 1.39. The lowest BCUT2D eigenvalue weighted by molar-refractivity contribution is 0.0600. The van der Waals surface area contributed by atoms with Crippen LogP contribution in [0.25, 0.3) is 10.2 Å². The van der Waals surface area contributed by atoms with Gasteiger partial charge in [-0.1, -0.05) is 12.1 Å². The number of aromatic nitrogens is 3. The highest BCUT2D eigenvalue weighted by molar-refractivity contribution is 7.17. The average Bonchev–Trinajstić information content (AvgIpc) is 3.32. The molecule has 1 atom stereocenters. The Morgan fingerprint density at radius 1 is 1.15 bits per heavy atom. The fraction of sp³-hybridized carbons (Fsp3) is 0.208. The number of carbonyl (C=O) groups excluding carboxylic acids is 2. The highest BCUT2D eigenvalue weighted by Crippen LogP contribution is 2.25. The Morgan fingerprint density at radius 3 is 2.68 bits per heavy atom. The third-order valence-electron chi connectivity index (χ3n) is 5.16. The Morgan fingerprint density at radius 2 is 1.94 bits per heavy atom. The number of nitrogens with one attached hydrogen (secondary N) is 2. The van der Waals surface area contributed by atoms with E-state index >= 15 is 0 Å². The van der Waals surface area contributed by atoms with Crippen molar-refractivity contribution in [2.75, 3.05) is 19.0 Å². The summed E-state index contributed by atoms with van der Waals surface area (Å²) in [4.78, 5) is 37.3. The van der Waals surface area contributed by atoms with Crippen LogP contribution in [0.15, 0.2) is 54.2 Å². The molecule has 0 radical (unpaired) electrons. The molecule has 34 heavy (non-hydrogen) atoms. The molecule has 3 heterocycles. The second-order valence-electron chi connectivity index (χ2n) is 7.53. The molecule has 0 aliphatic heterocycles. The zero-order chi connectivity index (χ0) is 24.1. The molecule has 1 amide bonds. The maximum Gasteiger partial charge on any atom is 0.337 e. The first kappa shape index (κ1) is 23.2. The molecule has 8 nitrogen and oxygen atoms in total. The molecular formula is C24H22FN5O3S. The van der Waals surface area contributed by atoms with E-state index in [1.165, 1.54) is 24.5 Å².